The zero-order chi connectivity index (χ0) is 21.5. The van der Waals surface area contributed by atoms with Gasteiger partial charge in [-0.3, -0.25) is 10.3 Å². The molecule has 0 saturated carbocycles. The Morgan fingerprint density at radius 3 is 2.74 bits per heavy atom. The third kappa shape index (κ3) is 5.83. The van der Waals surface area contributed by atoms with Gasteiger partial charge < -0.3 is 14.6 Å². The standard InChI is InChI=1S/C23H26ClN5OS/c24-21-7-3-1-6-19(21)17-29-20(15-18-5-2-4-8-22(18)29)16-26-27-23(31)25-9-10-28-11-13-30-14-12-28/h1-8,15-16H,9-14,17H2,(H2,25,27,31)/b26-16+. The molecule has 2 N–H and O–H groups in total. The van der Waals surface area contributed by atoms with Gasteiger partial charge in [0.1, 0.15) is 0 Å². The molecule has 31 heavy (non-hydrogen) atoms. The Hall–Kier alpha value is -2.45. The lowest BCUT2D eigenvalue weighted by molar-refractivity contribution is 0.0389. The summed E-state index contributed by atoms with van der Waals surface area (Å²) in [6, 6.07) is 18.3. The molecule has 1 fully saturated rings. The highest BCUT2D eigenvalue weighted by molar-refractivity contribution is 7.80. The molecule has 1 aliphatic heterocycles. The van der Waals surface area contributed by atoms with Gasteiger partial charge in [-0.15, -0.1) is 0 Å². The monoisotopic (exact) mass is 455 g/mol. The number of hydrogen-bond donors (Lipinski definition) is 2. The largest absolute Gasteiger partial charge is 0.379 e. The molecule has 0 bridgehead atoms. The van der Waals surface area contributed by atoms with E-state index in [4.69, 9.17) is 28.6 Å². The van der Waals surface area contributed by atoms with Crippen LogP contribution in [-0.4, -0.2) is 60.2 Å². The Morgan fingerprint density at radius 1 is 1.13 bits per heavy atom. The first-order chi connectivity index (χ1) is 15.2. The Labute approximate surface area is 192 Å². The molecule has 8 heteroatoms. The normalized spacial score (nSPS) is 14.9. The van der Waals surface area contributed by atoms with Crippen LogP contribution in [0, 0.1) is 0 Å². The highest BCUT2D eigenvalue weighted by Gasteiger charge is 2.10. The Balaban J connectivity index is 1.39. The number of hydrazone groups is 1. The molecule has 1 aromatic heterocycles. The molecule has 6 nitrogen and oxygen atoms in total. The van der Waals surface area contributed by atoms with Gasteiger partial charge in [-0.1, -0.05) is 48.0 Å². The lowest BCUT2D eigenvalue weighted by Crippen LogP contribution is -2.42. The molecule has 2 heterocycles. The zero-order valence-corrected chi connectivity index (χ0v) is 18.8. The van der Waals surface area contributed by atoms with E-state index in [0.29, 0.717) is 11.7 Å². The molecule has 1 aliphatic rings. The van der Waals surface area contributed by atoms with Crippen LogP contribution < -0.4 is 10.7 Å². The van der Waals surface area contributed by atoms with E-state index in [1.165, 1.54) is 0 Å². The number of thiocarbonyl (C=S) groups is 1. The highest BCUT2D eigenvalue weighted by Crippen LogP contribution is 2.23. The third-order valence-electron chi connectivity index (χ3n) is 5.31. The van der Waals surface area contributed by atoms with Crippen LogP contribution in [0.5, 0.6) is 0 Å². The van der Waals surface area contributed by atoms with Crippen LogP contribution in [0.25, 0.3) is 10.9 Å². The topological polar surface area (TPSA) is 53.8 Å². The Bertz CT molecular complexity index is 1060. The molecule has 1 saturated heterocycles. The van der Waals surface area contributed by atoms with Gasteiger partial charge in [0.05, 0.1) is 25.1 Å². The van der Waals surface area contributed by atoms with E-state index in [0.717, 1.165) is 66.6 Å². The number of hydrogen-bond acceptors (Lipinski definition) is 4. The number of rotatable bonds is 7. The van der Waals surface area contributed by atoms with Crippen molar-refractivity contribution in [3.63, 3.8) is 0 Å². The van der Waals surface area contributed by atoms with Crippen LogP contribution in [-0.2, 0) is 11.3 Å². The predicted octanol–water partition coefficient (Wildman–Crippen LogP) is 3.47. The maximum atomic E-state index is 6.40. The van der Waals surface area contributed by atoms with E-state index in [-0.39, 0.29) is 0 Å². The average Bonchev–Trinajstić information content (AvgIpc) is 3.13. The van der Waals surface area contributed by atoms with Gasteiger partial charge in [-0.2, -0.15) is 5.10 Å². The first kappa shape index (κ1) is 21.8. The number of morpholine rings is 1. The van der Waals surface area contributed by atoms with Gasteiger partial charge in [-0.25, -0.2) is 0 Å². The number of halogens is 1. The van der Waals surface area contributed by atoms with Gasteiger partial charge in [0.25, 0.3) is 0 Å². The van der Waals surface area contributed by atoms with Crippen molar-refractivity contribution in [2.45, 2.75) is 6.54 Å². The summed E-state index contributed by atoms with van der Waals surface area (Å²) in [7, 11) is 0. The quantitative estimate of drug-likeness (QED) is 0.324. The molecule has 3 aromatic rings. The Morgan fingerprint density at radius 2 is 1.90 bits per heavy atom. The van der Waals surface area contributed by atoms with Gasteiger partial charge in [0.15, 0.2) is 5.11 Å². The third-order valence-corrected chi connectivity index (χ3v) is 5.91. The number of aromatic nitrogens is 1. The molecule has 0 unspecified atom stereocenters. The van der Waals surface area contributed by atoms with Crippen LogP contribution in [0.15, 0.2) is 59.7 Å². The molecule has 162 valence electrons. The SMILES string of the molecule is S=C(NCCN1CCOCC1)N/N=C/c1cc2ccccc2n1Cc1ccccc1Cl. The molecule has 4 rings (SSSR count). The zero-order valence-electron chi connectivity index (χ0n) is 17.3. The van der Waals surface area contributed by atoms with Crippen molar-refractivity contribution in [2.75, 3.05) is 39.4 Å². The lowest BCUT2D eigenvalue weighted by atomic mass is 10.2. The van der Waals surface area contributed by atoms with Crippen LogP contribution >= 0.6 is 23.8 Å². The van der Waals surface area contributed by atoms with Crippen LogP contribution in [0.4, 0.5) is 0 Å². The number of nitrogens with one attached hydrogen (secondary N) is 2. The average molecular weight is 456 g/mol. The summed E-state index contributed by atoms with van der Waals surface area (Å²) in [4.78, 5) is 2.36. The molecule has 0 amide bonds. The molecular weight excluding hydrogens is 430 g/mol. The molecule has 0 aliphatic carbocycles. The molecule has 0 spiro atoms. The van der Waals surface area contributed by atoms with E-state index in [1.807, 2.05) is 36.4 Å². The van der Waals surface area contributed by atoms with Crippen molar-refractivity contribution in [2.24, 2.45) is 5.10 Å². The van der Waals surface area contributed by atoms with Gasteiger partial charge in [0, 0.05) is 48.6 Å². The summed E-state index contributed by atoms with van der Waals surface area (Å²) in [5, 5.41) is 9.99. The van der Waals surface area contributed by atoms with E-state index >= 15 is 0 Å². The van der Waals surface area contributed by atoms with Crippen LogP contribution in [0.3, 0.4) is 0 Å². The Kier molecular flexibility index (Phi) is 7.53. The van der Waals surface area contributed by atoms with Crippen molar-refractivity contribution >= 4 is 46.0 Å². The summed E-state index contributed by atoms with van der Waals surface area (Å²) in [6.45, 7) is 5.91. The van der Waals surface area contributed by atoms with E-state index < -0.39 is 0 Å². The van der Waals surface area contributed by atoms with Gasteiger partial charge in [0.2, 0.25) is 0 Å². The van der Waals surface area contributed by atoms with Crippen molar-refractivity contribution in [3.05, 3.63) is 70.9 Å². The second-order valence-corrected chi connectivity index (χ2v) is 8.20. The second-order valence-electron chi connectivity index (χ2n) is 7.39. The second kappa shape index (κ2) is 10.7. The van der Waals surface area contributed by atoms with Crippen molar-refractivity contribution in [1.82, 2.24) is 20.2 Å². The minimum atomic E-state index is 0.512. The summed E-state index contributed by atoms with van der Waals surface area (Å²) in [5.41, 5.74) is 6.10. The van der Waals surface area contributed by atoms with E-state index in [9.17, 15) is 0 Å². The number of benzene rings is 2. The number of nitrogens with zero attached hydrogens (tertiary/aromatic N) is 3. The van der Waals surface area contributed by atoms with Crippen molar-refractivity contribution in [3.8, 4) is 0 Å². The summed E-state index contributed by atoms with van der Waals surface area (Å²) in [6.07, 6.45) is 1.80. The van der Waals surface area contributed by atoms with Crippen molar-refractivity contribution in [1.29, 1.82) is 0 Å². The summed E-state index contributed by atoms with van der Waals surface area (Å²) < 4.78 is 7.57. The van der Waals surface area contributed by atoms with Gasteiger partial charge in [-0.05, 0) is 36.0 Å². The predicted molar refractivity (Wildman–Crippen MR) is 131 cm³/mol. The minimum Gasteiger partial charge on any atom is -0.379 e. The minimum absolute atomic E-state index is 0.512. The highest BCUT2D eigenvalue weighted by atomic mass is 35.5. The molecule has 0 radical (unpaired) electrons. The smallest absolute Gasteiger partial charge is 0.187 e. The summed E-state index contributed by atoms with van der Waals surface area (Å²) in [5.74, 6) is 0. The fraction of sp³-hybridized carbons (Fsp3) is 0.304. The van der Waals surface area contributed by atoms with E-state index in [1.54, 1.807) is 6.21 Å². The number of ether oxygens (including phenoxy) is 1. The first-order valence-electron chi connectivity index (χ1n) is 10.4. The summed E-state index contributed by atoms with van der Waals surface area (Å²) >= 11 is 11.8. The molecule has 0 atom stereocenters. The van der Waals surface area contributed by atoms with Crippen LogP contribution in [0.2, 0.25) is 5.02 Å². The first-order valence-corrected chi connectivity index (χ1v) is 11.2. The van der Waals surface area contributed by atoms with Crippen molar-refractivity contribution < 1.29 is 4.74 Å². The van der Waals surface area contributed by atoms with Crippen LogP contribution in [0.1, 0.15) is 11.3 Å². The fourth-order valence-electron chi connectivity index (χ4n) is 3.66. The number of fused-ring (bicyclic) bond motifs is 1. The number of para-hydroxylation sites is 1. The fourth-order valence-corrected chi connectivity index (χ4v) is 4.01. The maximum Gasteiger partial charge on any atom is 0.187 e. The van der Waals surface area contributed by atoms with Gasteiger partial charge >= 0.3 is 0 Å². The molecular formula is C23H26ClN5OS. The maximum absolute atomic E-state index is 6.40. The lowest BCUT2D eigenvalue weighted by Gasteiger charge is -2.26. The molecule has 2 aromatic carbocycles. The van der Waals surface area contributed by atoms with E-state index in [2.05, 4.69) is 43.5 Å².